The van der Waals surface area contributed by atoms with Crippen LogP contribution in [-0.4, -0.2) is 4.92 Å². The molecule has 0 heterocycles. The lowest BCUT2D eigenvalue weighted by Crippen LogP contribution is -2.28. The average molecular weight is 194 g/mol. The molecule has 1 rings (SSSR count). The summed E-state index contributed by atoms with van der Waals surface area (Å²) in [7, 11) is 0. The number of nitro groups is 1. The van der Waals surface area contributed by atoms with Gasteiger partial charge >= 0.3 is 0 Å². The van der Waals surface area contributed by atoms with E-state index in [4.69, 9.17) is 5.73 Å². The largest absolute Gasteiger partial charge is 0.322 e. The second kappa shape index (κ2) is 3.38. The van der Waals surface area contributed by atoms with Crippen molar-refractivity contribution in [2.75, 3.05) is 0 Å². The summed E-state index contributed by atoms with van der Waals surface area (Å²) in [5.41, 5.74) is 7.11. The Morgan fingerprint density at radius 3 is 2.36 bits per heavy atom. The molecule has 0 unspecified atom stereocenters. The van der Waals surface area contributed by atoms with Gasteiger partial charge in [-0.15, -0.1) is 0 Å². The van der Waals surface area contributed by atoms with Gasteiger partial charge in [0.2, 0.25) is 0 Å². The monoisotopic (exact) mass is 194 g/mol. The Kier molecular flexibility index (Phi) is 2.57. The number of nitrogens with two attached hydrogens (primary N) is 1. The zero-order valence-corrected chi connectivity index (χ0v) is 8.57. The van der Waals surface area contributed by atoms with Crippen LogP contribution in [0.3, 0.4) is 0 Å². The predicted octanol–water partition coefficient (Wildman–Crippen LogP) is 2.10. The number of rotatable bonds is 2. The molecule has 1 aromatic carbocycles. The van der Waals surface area contributed by atoms with Crippen LogP contribution in [0.5, 0.6) is 0 Å². The summed E-state index contributed by atoms with van der Waals surface area (Å²) in [4.78, 5) is 10.2. The van der Waals surface area contributed by atoms with E-state index < -0.39 is 5.54 Å². The molecule has 0 amide bonds. The minimum absolute atomic E-state index is 0.137. The second-order valence-electron chi connectivity index (χ2n) is 3.98. The zero-order valence-electron chi connectivity index (χ0n) is 8.57. The molecule has 0 fully saturated rings. The van der Waals surface area contributed by atoms with Crippen LogP contribution in [0.15, 0.2) is 18.2 Å². The van der Waals surface area contributed by atoms with E-state index in [1.165, 1.54) is 6.07 Å². The quantitative estimate of drug-likeness (QED) is 0.579. The van der Waals surface area contributed by atoms with Crippen LogP contribution in [-0.2, 0) is 5.54 Å². The molecule has 1 aromatic rings. The summed E-state index contributed by atoms with van der Waals surface area (Å²) < 4.78 is 0. The van der Waals surface area contributed by atoms with Gasteiger partial charge in [0.1, 0.15) is 0 Å². The van der Waals surface area contributed by atoms with E-state index in [1.54, 1.807) is 19.1 Å². The third kappa shape index (κ3) is 2.09. The summed E-state index contributed by atoms with van der Waals surface area (Å²) in [6.07, 6.45) is 0. The fourth-order valence-electron chi connectivity index (χ4n) is 1.26. The van der Waals surface area contributed by atoms with E-state index in [2.05, 4.69) is 0 Å². The van der Waals surface area contributed by atoms with Crippen molar-refractivity contribution >= 4 is 5.69 Å². The maximum absolute atomic E-state index is 10.6. The van der Waals surface area contributed by atoms with Crippen molar-refractivity contribution in [1.82, 2.24) is 0 Å². The topological polar surface area (TPSA) is 69.2 Å². The highest BCUT2D eigenvalue weighted by atomic mass is 16.6. The van der Waals surface area contributed by atoms with Crippen LogP contribution in [0.4, 0.5) is 5.69 Å². The smallest absolute Gasteiger partial charge is 0.272 e. The molecule has 4 heteroatoms. The Hall–Kier alpha value is -1.42. The minimum atomic E-state index is -0.458. The normalized spacial score (nSPS) is 11.4. The highest BCUT2D eigenvalue weighted by Crippen LogP contribution is 2.24. The van der Waals surface area contributed by atoms with E-state index >= 15 is 0 Å². The number of nitro benzene ring substituents is 1. The molecular weight excluding hydrogens is 180 g/mol. The number of benzene rings is 1. The molecule has 0 spiro atoms. The van der Waals surface area contributed by atoms with E-state index in [-0.39, 0.29) is 10.6 Å². The van der Waals surface area contributed by atoms with E-state index in [1.807, 2.05) is 13.8 Å². The maximum atomic E-state index is 10.6. The standard InChI is InChI=1S/C10H14N2O2/c1-7-6-8(10(2,3)11)4-5-9(7)12(13)14/h4-6H,11H2,1-3H3. The number of hydrogen-bond acceptors (Lipinski definition) is 3. The van der Waals surface area contributed by atoms with Crippen molar-refractivity contribution in [2.24, 2.45) is 5.73 Å². The summed E-state index contributed by atoms with van der Waals surface area (Å²) in [6, 6.07) is 4.96. The van der Waals surface area contributed by atoms with Crippen molar-refractivity contribution in [1.29, 1.82) is 0 Å². The number of nitrogens with zero attached hydrogens (tertiary/aromatic N) is 1. The van der Waals surface area contributed by atoms with Crippen molar-refractivity contribution in [3.8, 4) is 0 Å². The highest BCUT2D eigenvalue weighted by Gasteiger charge is 2.17. The summed E-state index contributed by atoms with van der Waals surface area (Å²) >= 11 is 0. The summed E-state index contributed by atoms with van der Waals surface area (Å²) in [6.45, 7) is 5.45. The van der Waals surface area contributed by atoms with Gasteiger partial charge < -0.3 is 5.73 Å². The van der Waals surface area contributed by atoms with Gasteiger partial charge in [0.05, 0.1) is 4.92 Å². The molecule has 0 saturated heterocycles. The zero-order chi connectivity index (χ0) is 10.9. The fraction of sp³-hybridized carbons (Fsp3) is 0.400. The van der Waals surface area contributed by atoms with Crippen molar-refractivity contribution in [3.63, 3.8) is 0 Å². The van der Waals surface area contributed by atoms with Gasteiger partial charge in [-0.1, -0.05) is 6.07 Å². The number of hydrogen-bond donors (Lipinski definition) is 1. The van der Waals surface area contributed by atoms with Crippen LogP contribution in [0, 0.1) is 17.0 Å². The van der Waals surface area contributed by atoms with Crippen LogP contribution < -0.4 is 5.73 Å². The Morgan fingerprint density at radius 1 is 1.43 bits per heavy atom. The fourth-order valence-corrected chi connectivity index (χ4v) is 1.26. The third-order valence-corrected chi connectivity index (χ3v) is 2.14. The van der Waals surface area contributed by atoms with Gasteiger partial charge in [0.15, 0.2) is 0 Å². The molecule has 0 atom stereocenters. The van der Waals surface area contributed by atoms with Crippen molar-refractivity contribution in [3.05, 3.63) is 39.4 Å². The first kappa shape index (κ1) is 10.7. The van der Waals surface area contributed by atoms with E-state index in [0.717, 1.165) is 5.56 Å². The van der Waals surface area contributed by atoms with Crippen LogP contribution in [0.25, 0.3) is 0 Å². The van der Waals surface area contributed by atoms with E-state index in [9.17, 15) is 10.1 Å². The Morgan fingerprint density at radius 2 is 2.00 bits per heavy atom. The lowest BCUT2D eigenvalue weighted by Gasteiger charge is -2.19. The molecule has 0 aliphatic heterocycles. The minimum Gasteiger partial charge on any atom is -0.322 e. The van der Waals surface area contributed by atoms with Gasteiger partial charge in [0, 0.05) is 17.2 Å². The molecule has 2 N–H and O–H groups in total. The molecular formula is C10H14N2O2. The SMILES string of the molecule is Cc1cc(C(C)(C)N)ccc1[N+](=O)[O-]. The van der Waals surface area contributed by atoms with Gasteiger partial charge in [-0.05, 0) is 32.4 Å². The van der Waals surface area contributed by atoms with Crippen LogP contribution in [0.1, 0.15) is 25.0 Å². The molecule has 0 radical (unpaired) electrons. The van der Waals surface area contributed by atoms with Gasteiger partial charge in [-0.25, -0.2) is 0 Å². The molecule has 0 bridgehead atoms. The van der Waals surface area contributed by atoms with E-state index in [0.29, 0.717) is 5.56 Å². The third-order valence-electron chi connectivity index (χ3n) is 2.14. The molecule has 76 valence electrons. The maximum Gasteiger partial charge on any atom is 0.272 e. The molecule has 14 heavy (non-hydrogen) atoms. The molecule has 0 saturated carbocycles. The lowest BCUT2D eigenvalue weighted by molar-refractivity contribution is -0.385. The summed E-state index contributed by atoms with van der Waals surface area (Å²) in [5, 5.41) is 10.6. The molecule has 0 aliphatic carbocycles. The Bertz CT molecular complexity index is 367. The molecule has 0 aliphatic rings. The second-order valence-corrected chi connectivity index (χ2v) is 3.98. The number of aryl methyl sites for hydroxylation is 1. The molecule has 0 aromatic heterocycles. The van der Waals surface area contributed by atoms with Gasteiger partial charge in [-0.3, -0.25) is 10.1 Å². The Balaban J connectivity index is 3.20. The average Bonchev–Trinajstić information content (AvgIpc) is 2.01. The molecule has 4 nitrogen and oxygen atoms in total. The first-order valence-corrected chi connectivity index (χ1v) is 4.37. The summed E-state index contributed by atoms with van der Waals surface area (Å²) in [5.74, 6) is 0. The predicted molar refractivity (Wildman–Crippen MR) is 55.0 cm³/mol. The van der Waals surface area contributed by atoms with Crippen molar-refractivity contribution in [2.45, 2.75) is 26.3 Å². The van der Waals surface area contributed by atoms with Crippen LogP contribution in [0.2, 0.25) is 0 Å². The van der Waals surface area contributed by atoms with Crippen LogP contribution >= 0.6 is 0 Å². The Labute approximate surface area is 82.9 Å². The lowest BCUT2D eigenvalue weighted by atomic mass is 9.94. The van der Waals surface area contributed by atoms with Gasteiger partial charge in [-0.2, -0.15) is 0 Å². The first-order chi connectivity index (χ1) is 6.32. The van der Waals surface area contributed by atoms with Gasteiger partial charge in [0.25, 0.3) is 5.69 Å². The van der Waals surface area contributed by atoms with Crippen molar-refractivity contribution < 1.29 is 4.92 Å². The highest BCUT2D eigenvalue weighted by molar-refractivity contribution is 5.43. The first-order valence-electron chi connectivity index (χ1n) is 4.37.